The first-order valence-electron chi connectivity index (χ1n) is 8.99. The van der Waals surface area contributed by atoms with Gasteiger partial charge in [-0.15, -0.1) is 6.58 Å². The second-order valence-corrected chi connectivity index (χ2v) is 6.15. The Morgan fingerprint density at radius 2 is 1.82 bits per heavy atom. The first-order valence-corrected chi connectivity index (χ1v) is 8.99. The van der Waals surface area contributed by atoms with Crippen molar-refractivity contribution in [3.63, 3.8) is 0 Å². The third-order valence-corrected chi connectivity index (χ3v) is 4.47. The molecular weight excluding hydrogens is 358 g/mol. The van der Waals surface area contributed by atoms with E-state index in [0.717, 1.165) is 11.1 Å². The van der Waals surface area contributed by atoms with Gasteiger partial charge in [0.25, 0.3) is 5.91 Å². The molecule has 1 atom stereocenters. The minimum atomic E-state index is -1.23. The molecule has 2 aromatic rings. The lowest BCUT2D eigenvalue weighted by Gasteiger charge is -2.17. The summed E-state index contributed by atoms with van der Waals surface area (Å²) in [5.41, 5.74) is 2.51. The van der Waals surface area contributed by atoms with Crippen LogP contribution in [0.3, 0.4) is 0 Å². The molecule has 0 saturated carbocycles. The summed E-state index contributed by atoms with van der Waals surface area (Å²) in [6.45, 7) is 4.18. The monoisotopic (exact) mass is 385 g/mol. The van der Waals surface area contributed by atoms with Crippen LogP contribution in [-0.4, -0.2) is 38.9 Å². The molecule has 0 heterocycles. The molecule has 2 N–H and O–H groups in total. The Bertz CT molecular complexity index is 801. The van der Waals surface area contributed by atoms with Crippen molar-refractivity contribution >= 4 is 5.91 Å². The molecule has 0 aliphatic rings. The fraction of sp³-hybridized carbons (Fsp3) is 0.318. The number of hydrogen-bond acceptors (Lipinski definition) is 5. The molecule has 2 aromatic carbocycles. The molecule has 0 spiro atoms. The molecular formula is C22H27NO5. The zero-order valence-corrected chi connectivity index (χ0v) is 16.5. The van der Waals surface area contributed by atoms with Crippen molar-refractivity contribution in [2.75, 3.05) is 27.9 Å². The van der Waals surface area contributed by atoms with Gasteiger partial charge in [0.1, 0.15) is 5.75 Å². The Balaban J connectivity index is 2.03. The summed E-state index contributed by atoms with van der Waals surface area (Å²) in [6.07, 6.45) is 1.78. The van der Waals surface area contributed by atoms with Crippen LogP contribution in [0.15, 0.2) is 49.1 Å². The molecule has 2 rings (SSSR count). The van der Waals surface area contributed by atoms with Crippen LogP contribution in [0.1, 0.15) is 22.8 Å². The summed E-state index contributed by atoms with van der Waals surface area (Å²) >= 11 is 0. The van der Waals surface area contributed by atoms with Crippen LogP contribution in [0.5, 0.6) is 17.2 Å². The quantitative estimate of drug-likeness (QED) is 0.615. The van der Waals surface area contributed by atoms with E-state index in [-0.39, 0.29) is 0 Å². The van der Waals surface area contributed by atoms with Crippen LogP contribution in [0.25, 0.3) is 0 Å². The maximum atomic E-state index is 12.3. The Kier molecular flexibility index (Phi) is 7.89. The highest BCUT2D eigenvalue weighted by molar-refractivity contribution is 5.81. The number of amides is 1. The fourth-order valence-corrected chi connectivity index (χ4v) is 2.99. The number of ether oxygens (including phenoxy) is 3. The van der Waals surface area contributed by atoms with Gasteiger partial charge in [-0.05, 0) is 42.2 Å². The van der Waals surface area contributed by atoms with E-state index in [9.17, 15) is 9.90 Å². The number of rotatable bonds is 10. The van der Waals surface area contributed by atoms with Crippen LogP contribution in [0.2, 0.25) is 0 Å². The van der Waals surface area contributed by atoms with Crippen molar-refractivity contribution in [3.05, 3.63) is 65.7 Å². The second-order valence-electron chi connectivity index (χ2n) is 6.15. The second kappa shape index (κ2) is 10.4. The molecule has 28 heavy (non-hydrogen) atoms. The van der Waals surface area contributed by atoms with Crippen molar-refractivity contribution in [1.82, 2.24) is 5.32 Å². The number of aliphatic hydroxyl groups excluding tert-OH is 1. The molecule has 0 radical (unpaired) electrons. The van der Waals surface area contributed by atoms with E-state index in [1.165, 1.54) is 0 Å². The average Bonchev–Trinajstić information content (AvgIpc) is 2.73. The van der Waals surface area contributed by atoms with Crippen LogP contribution < -0.4 is 19.5 Å². The predicted molar refractivity (Wildman–Crippen MR) is 108 cm³/mol. The summed E-state index contributed by atoms with van der Waals surface area (Å²) in [6, 6.07) is 10.5. The standard InChI is InChI=1S/C22H27NO5/c1-5-6-18-15(9-12-19(27-3)21(18)28-4)13-14-23-22(25)20(24)16-7-10-17(26-2)11-8-16/h5,7-12,20,24H,1,6,13-14H2,2-4H3,(H,23,25). The van der Waals surface area contributed by atoms with E-state index in [2.05, 4.69) is 11.9 Å². The molecule has 6 nitrogen and oxygen atoms in total. The maximum Gasteiger partial charge on any atom is 0.253 e. The Labute approximate surface area is 165 Å². The van der Waals surface area contributed by atoms with Crippen LogP contribution in [0.4, 0.5) is 0 Å². The van der Waals surface area contributed by atoms with Gasteiger partial charge in [0.15, 0.2) is 17.6 Å². The van der Waals surface area contributed by atoms with Gasteiger partial charge in [-0.1, -0.05) is 24.3 Å². The van der Waals surface area contributed by atoms with Crippen molar-refractivity contribution in [2.24, 2.45) is 0 Å². The highest BCUT2D eigenvalue weighted by Crippen LogP contribution is 2.34. The smallest absolute Gasteiger partial charge is 0.253 e. The lowest BCUT2D eigenvalue weighted by atomic mass is 9.99. The van der Waals surface area contributed by atoms with Gasteiger partial charge >= 0.3 is 0 Å². The summed E-state index contributed by atoms with van der Waals surface area (Å²) < 4.78 is 15.9. The Morgan fingerprint density at radius 1 is 1.11 bits per heavy atom. The SMILES string of the molecule is C=CCc1c(CCNC(=O)C(O)c2ccc(OC)cc2)ccc(OC)c1OC. The number of benzene rings is 2. The van der Waals surface area contributed by atoms with Crippen molar-refractivity contribution in [2.45, 2.75) is 18.9 Å². The van der Waals surface area contributed by atoms with E-state index < -0.39 is 12.0 Å². The van der Waals surface area contributed by atoms with Gasteiger partial charge in [-0.25, -0.2) is 0 Å². The largest absolute Gasteiger partial charge is 0.497 e. The summed E-state index contributed by atoms with van der Waals surface area (Å²) in [4.78, 5) is 12.3. The van der Waals surface area contributed by atoms with Crippen molar-refractivity contribution in [1.29, 1.82) is 0 Å². The molecule has 0 aromatic heterocycles. The first kappa shape index (κ1) is 21.3. The zero-order chi connectivity index (χ0) is 20.5. The highest BCUT2D eigenvalue weighted by Gasteiger charge is 2.18. The third-order valence-electron chi connectivity index (χ3n) is 4.47. The van der Waals surface area contributed by atoms with Crippen molar-refractivity contribution in [3.8, 4) is 17.2 Å². The number of methoxy groups -OCH3 is 3. The molecule has 0 bridgehead atoms. The van der Waals surface area contributed by atoms with Crippen LogP contribution in [0, 0.1) is 0 Å². The third kappa shape index (κ3) is 5.04. The van der Waals surface area contributed by atoms with E-state index in [1.807, 2.05) is 12.1 Å². The molecule has 0 aliphatic heterocycles. The number of hydrogen-bond donors (Lipinski definition) is 2. The van der Waals surface area contributed by atoms with Gasteiger partial charge in [-0.2, -0.15) is 0 Å². The van der Waals surface area contributed by atoms with Gasteiger partial charge in [-0.3, -0.25) is 4.79 Å². The summed E-state index contributed by atoms with van der Waals surface area (Å²) in [5.74, 6) is 1.54. The number of carbonyl (C=O) groups is 1. The van der Waals surface area contributed by atoms with E-state index in [4.69, 9.17) is 14.2 Å². The van der Waals surface area contributed by atoms with Gasteiger partial charge in [0.05, 0.1) is 21.3 Å². The minimum Gasteiger partial charge on any atom is -0.497 e. The van der Waals surface area contributed by atoms with Gasteiger partial charge < -0.3 is 24.6 Å². The normalized spacial score (nSPS) is 11.4. The fourth-order valence-electron chi connectivity index (χ4n) is 2.99. The molecule has 1 unspecified atom stereocenters. The number of aliphatic hydroxyl groups is 1. The molecule has 1 amide bonds. The molecule has 150 valence electrons. The minimum absolute atomic E-state index is 0.381. The Morgan fingerprint density at radius 3 is 2.39 bits per heavy atom. The van der Waals surface area contributed by atoms with Crippen LogP contribution in [-0.2, 0) is 17.6 Å². The highest BCUT2D eigenvalue weighted by atomic mass is 16.5. The molecule has 0 fully saturated rings. The zero-order valence-electron chi connectivity index (χ0n) is 16.5. The topological polar surface area (TPSA) is 77.0 Å². The van der Waals surface area contributed by atoms with Gasteiger partial charge in [0, 0.05) is 12.1 Å². The van der Waals surface area contributed by atoms with Crippen molar-refractivity contribution < 1.29 is 24.1 Å². The first-order chi connectivity index (χ1) is 13.5. The average molecular weight is 385 g/mol. The summed E-state index contributed by atoms with van der Waals surface area (Å²) in [5, 5.41) is 13.0. The molecule has 6 heteroatoms. The molecule has 0 saturated heterocycles. The van der Waals surface area contributed by atoms with E-state index in [0.29, 0.717) is 42.2 Å². The lowest BCUT2D eigenvalue weighted by Crippen LogP contribution is -2.31. The summed E-state index contributed by atoms with van der Waals surface area (Å²) in [7, 11) is 4.75. The number of carbonyl (C=O) groups excluding carboxylic acids is 1. The maximum absolute atomic E-state index is 12.3. The van der Waals surface area contributed by atoms with Gasteiger partial charge in [0.2, 0.25) is 0 Å². The Hall–Kier alpha value is -2.99. The molecule has 0 aliphatic carbocycles. The van der Waals surface area contributed by atoms with E-state index >= 15 is 0 Å². The lowest BCUT2D eigenvalue weighted by molar-refractivity contribution is -0.129. The van der Waals surface area contributed by atoms with Crippen LogP contribution >= 0.6 is 0 Å². The van der Waals surface area contributed by atoms with E-state index in [1.54, 1.807) is 51.7 Å². The number of allylic oxidation sites excluding steroid dienone is 1. The number of nitrogens with one attached hydrogen (secondary N) is 1. The predicted octanol–water partition coefficient (Wildman–Crippen LogP) is 2.83.